The molecule has 2 aromatic rings. The van der Waals surface area contributed by atoms with Gasteiger partial charge in [-0.15, -0.1) is 0 Å². The zero-order chi connectivity index (χ0) is 14.5. The summed E-state index contributed by atoms with van der Waals surface area (Å²) in [6.07, 6.45) is 0.736. The van der Waals surface area contributed by atoms with Crippen molar-refractivity contribution in [3.05, 3.63) is 63.9 Å². The topological polar surface area (TPSA) is 32.3 Å². The van der Waals surface area contributed by atoms with Crippen LogP contribution in [0.3, 0.4) is 0 Å². The fourth-order valence-corrected chi connectivity index (χ4v) is 2.60. The van der Waals surface area contributed by atoms with Gasteiger partial charge in [-0.3, -0.25) is 0 Å². The predicted molar refractivity (Wildman–Crippen MR) is 82.3 cm³/mol. The molecule has 2 N–H and O–H groups in total. The molecule has 0 aliphatic rings. The van der Waals surface area contributed by atoms with E-state index < -0.39 is 0 Å². The third-order valence-corrected chi connectivity index (χ3v) is 3.75. The predicted octanol–water partition coefficient (Wildman–Crippen LogP) is 4.19. The smallest absolute Gasteiger partial charge is 0.137 e. The molecule has 0 saturated carbocycles. The van der Waals surface area contributed by atoms with Crippen molar-refractivity contribution < 1.29 is 9.50 Å². The zero-order valence-corrected chi connectivity index (χ0v) is 12.8. The molecule has 0 aliphatic carbocycles. The van der Waals surface area contributed by atoms with Crippen molar-refractivity contribution in [1.82, 2.24) is 5.32 Å². The zero-order valence-electron chi connectivity index (χ0n) is 11.2. The number of halogens is 2. The van der Waals surface area contributed by atoms with Crippen LogP contribution in [0.2, 0.25) is 0 Å². The van der Waals surface area contributed by atoms with Crippen LogP contribution in [0.4, 0.5) is 4.39 Å². The Morgan fingerprint density at radius 1 is 1.25 bits per heavy atom. The van der Waals surface area contributed by atoms with E-state index in [1.807, 2.05) is 19.1 Å². The average Bonchev–Trinajstić information content (AvgIpc) is 2.41. The van der Waals surface area contributed by atoms with Crippen molar-refractivity contribution in [1.29, 1.82) is 0 Å². The van der Waals surface area contributed by atoms with Gasteiger partial charge in [0.2, 0.25) is 0 Å². The maximum atomic E-state index is 13.3. The van der Waals surface area contributed by atoms with Crippen LogP contribution in [0.25, 0.3) is 0 Å². The van der Waals surface area contributed by atoms with E-state index >= 15 is 0 Å². The maximum absolute atomic E-state index is 13.3. The highest BCUT2D eigenvalue weighted by Crippen LogP contribution is 2.25. The maximum Gasteiger partial charge on any atom is 0.137 e. The highest BCUT2D eigenvalue weighted by atomic mass is 79.9. The van der Waals surface area contributed by atoms with Crippen molar-refractivity contribution in [3.63, 3.8) is 0 Å². The first-order chi connectivity index (χ1) is 9.60. The van der Waals surface area contributed by atoms with E-state index in [2.05, 4.69) is 21.2 Å². The summed E-state index contributed by atoms with van der Waals surface area (Å²) in [6.45, 7) is 2.85. The number of aromatic hydroxyl groups is 1. The van der Waals surface area contributed by atoms with Gasteiger partial charge in [-0.2, -0.15) is 0 Å². The fraction of sp³-hybridized carbons (Fsp3) is 0.250. The summed E-state index contributed by atoms with van der Waals surface area (Å²) in [5.74, 6) is -0.000566. The molecule has 0 heterocycles. The van der Waals surface area contributed by atoms with Crippen LogP contribution in [-0.4, -0.2) is 11.7 Å². The Kier molecular flexibility index (Phi) is 5.15. The summed E-state index contributed by atoms with van der Waals surface area (Å²) in [5, 5.41) is 12.9. The summed E-state index contributed by atoms with van der Waals surface area (Å²) in [5.41, 5.74) is 2.06. The highest BCUT2D eigenvalue weighted by Gasteiger charge is 2.13. The van der Waals surface area contributed by atoms with E-state index in [0.29, 0.717) is 4.47 Å². The number of phenolic OH excluding ortho intramolecular Hbond substituents is 1. The minimum atomic E-state index is -0.263. The van der Waals surface area contributed by atoms with Crippen LogP contribution >= 0.6 is 15.9 Å². The summed E-state index contributed by atoms with van der Waals surface area (Å²) in [7, 11) is 0. The van der Waals surface area contributed by atoms with Gasteiger partial charge in [-0.05, 0) is 64.3 Å². The van der Waals surface area contributed by atoms with Gasteiger partial charge in [0, 0.05) is 6.04 Å². The van der Waals surface area contributed by atoms with Crippen molar-refractivity contribution in [2.75, 3.05) is 6.54 Å². The third-order valence-electron chi connectivity index (χ3n) is 3.15. The molecule has 0 bridgehead atoms. The van der Waals surface area contributed by atoms with E-state index in [0.717, 1.165) is 24.1 Å². The lowest BCUT2D eigenvalue weighted by Crippen LogP contribution is -2.23. The first-order valence-corrected chi connectivity index (χ1v) is 7.35. The molecule has 0 amide bonds. The number of benzene rings is 2. The fourth-order valence-electron chi connectivity index (χ4n) is 2.20. The second kappa shape index (κ2) is 6.86. The largest absolute Gasteiger partial charge is 0.508 e. The summed E-state index contributed by atoms with van der Waals surface area (Å²) in [6, 6.07) is 12.3. The number of hydrogen-bond donors (Lipinski definition) is 2. The first kappa shape index (κ1) is 15.0. The van der Waals surface area contributed by atoms with Gasteiger partial charge in [-0.1, -0.05) is 25.1 Å². The third kappa shape index (κ3) is 3.81. The van der Waals surface area contributed by atoms with Gasteiger partial charge >= 0.3 is 0 Å². The molecule has 2 aromatic carbocycles. The van der Waals surface area contributed by atoms with Gasteiger partial charge in [0.25, 0.3) is 0 Å². The Bertz CT molecular complexity index is 588. The minimum absolute atomic E-state index is 0.0821. The Morgan fingerprint density at radius 2 is 2.05 bits per heavy atom. The lowest BCUT2D eigenvalue weighted by atomic mass is 9.98. The standard InChI is InChI=1S/C16H17BrFNO/c1-2-19-16(9-11-4-3-5-13(20)8-11)12-6-7-15(18)14(17)10-12/h3-8,10,16,19-20H,2,9H2,1H3. The molecular formula is C16H17BrFNO. The molecule has 0 radical (unpaired) electrons. The Hall–Kier alpha value is -1.39. The Labute approximate surface area is 126 Å². The van der Waals surface area contributed by atoms with Crippen molar-refractivity contribution in [3.8, 4) is 5.75 Å². The molecule has 0 aromatic heterocycles. The molecule has 0 spiro atoms. The van der Waals surface area contributed by atoms with Gasteiger partial charge in [0.15, 0.2) is 0 Å². The van der Waals surface area contributed by atoms with Crippen molar-refractivity contribution in [2.45, 2.75) is 19.4 Å². The van der Waals surface area contributed by atoms with E-state index in [1.165, 1.54) is 6.07 Å². The second-order valence-electron chi connectivity index (χ2n) is 4.66. The van der Waals surface area contributed by atoms with E-state index in [4.69, 9.17) is 0 Å². The first-order valence-electron chi connectivity index (χ1n) is 6.56. The number of nitrogens with one attached hydrogen (secondary N) is 1. The van der Waals surface area contributed by atoms with Crippen LogP contribution < -0.4 is 5.32 Å². The molecule has 4 heteroatoms. The van der Waals surface area contributed by atoms with Crippen LogP contribution in [0.15, 0.2) is 46.9 Å². The quantitative estimate of drug-likeness (QED) is 0.857. The summed E-state index contributed by atoms with van der Waals surface area (Å²) in [4.78, 5) is 0. The molecule has 2 nitrogen and oxygen atoms in total. The average molecular weight is 338 g/mol. The molecular weight excluding hydrogens is 321 g/mol. The minimum Gasteiger partial charge on any atom is -0.508 e. The molecule has 20 heavy (non-hydrogen) atoms. The number of likely N-dealkylation sites (N-methyl/N-ethyl adjacent to an activating group) is 1. The Morgan fingerprint density at radius 3 is 2.70 bits per heavy atom. The van der Waals surface area contributed by atoms with Crippen molar-refractivity contribution >= 4 is 15.9 Å². The molecule has 0 fully saturated rings. The monoisotopic (exact) mass is 337 g/mol. The number of phenols is 1. The highest BCUT2D eigenvalue weighted by molar-refractivity contribution is 9.10. The van der Waals surface area contributed by atoms with Crippen LogP contribution in [0, 0.1) is 5.82 Å². The summed E-state index contributed by atoms with van der Waals surface area (Å²) < 4.78 is 13.8. The van der Waals surface area contributed by atoms with Gasteiger partial charge < -0.3 is 10.4 Å². The lowest BCUT2D eigenvalue weighted by Gasteiger charge is -2.19. The van der Waals surface area contributed by atoms with Crippen LogP contribution in [0.5, 0.6) is 5.75 Å². The van der Waals surface area contributed by atoms with E-state index in [1.54, 1.807) is 24.3 Å². The number of hydrogen-bond acceptors (Lipinski definition) is 2. The molecule has 2 rings (SSSR count). The molecule has 1 atom stereocenters. The molecule has 106 valence electrons. The summed E-state index contributed by atoms with van der Waals surface area (Å²) >= 11 is 3.22. The van der Waals surface area contributed by atoms with Crippen LogP contribution in [-0.2, 0) is 6.42 Å². The Balaban J connectivity index is 2.24. The van der Waals surface area contributed by atoms with Gasteiger partial charge in [0.05, 0.1) is 4.47 Å². The lowest BCUT2D eigenvalue weighted by molar-refractivity contribution is 0.473. The van der Waals surface area contributed by atoms with Crippen LogP contribution in [0.1, 0.15) is 24.1 Å². The number of rotatable bonds is 5. The van der Waals surface area contributed by atoms with Gasteiger partial charge in [0.1, 0.15) is 11.6 Å². The molecule has 1 unspecified atom stereocenters. The normalized spacial score (nSPS) is 12.3. The molecule has 0 aliphatic heterocycles. The van der Waals surface area contributed by atoms with Crippen molar-refractivity contribution in [2.24, 2.45) is 0 Å². The SMILES string of the molecule is CCNC(Cc1cccc(O)c1)c1ccc(F)c(Br)c1. The van der Waals surface area contributed by atoms with Gasteiger partial charge in [-0.25, -0.2) is 4.39 Å². The van der Waals surface area contributed by atoms with E-state index in [9.17, 15) is 9.50 Å². The second-order valence-corrected chi connectivity index (χ2v) is 5.51. The van der Waals surface area contributed by atoms with E-state index in [-0.39, 0.29) is 17.6 Å². The molecule has 0 saturated heterocycles.